The molecule has 0 aliphatic rings. The van der Waals surface area contributed by atoms with Crippen molar-refractivity contribution in [1.29, 1.82) is 0 Å². The van der Waals surface area contributed by atoms with E-state index in [1.807, 2.05) is 36.4 Å². The second kappa shape index (κ2) is 8.68. The highest BCUT2D eigenvalue weighted by atomic mass is 35.5. The Bertz CT molecular complexity index is 1180. The van der Waals surface area contributed by atoms with Crippen molar-refractivity contribution in [2.45, 2.75) is 17.8 Å². The third-order valence-corrected chi connectivity index (χ3v) is 5.79. The number of carbonyl (C=O) groups is 1. The Hall–Kier alpha value is -2.82. The van der Waals surface area contributed by atoms with Crippen molar-refractivity contribution in [3.8, 4) is 0 Å². The van der Waals surface area contributed by atoms with Crippen LogP contribution < -0.4 is 0 Å². The summed E-state index contributed by atoms with van der Waals surface area (Å²) in [4.78, 5) is 17.7. The summed E-state index contributed by atoms with van der Waals surface area (Å²) in [5.41, 5.74) is 4.97. The fraction of sp³-hybridized carbons (Fsp3) is 0.0833. The minimum Gasteiger partial charge on any atom is -0.269 e. The van der Waals surface area contributed by atoms with Gasteiger partial charge in [-0.1, -0.05) is 77.5 Å². The first-order valence-corrected chi connectivity index (χ1v) is 10.6. The zero-order valence-corrected chi connectivity index (χ0v) is 17.5. The number of benzene rings is 3. The zero-order valence-electron chi connectivity index (χ0n) is 15.9. The summed E-state index contributed by atoms with van der Waals surface area (Å²) in [6.07, 6.45) is 3.37. The van der Waals surface area contributed by atoms with Crippen LogP contribution in [-0.2, 0) is 5.75 Å². The van der Waals surface area contributed by atoms with Gasteiger partial charge in [-0.15, -0.1) is 0 Å². The number of rotatable bonds is 5. The first kappa shape index (κ1) is 19.5. The van der Waals surface area contributed by atoms with E-state index in [0.29, 0.717) is 10.2 Å². The SMILES string of the molecule is Cc1ccc(CSc2nc3ccccc3n2C(=O)C=Cc2ccc(Cl)cc2)cc1. The van der Waals surface area contributed by atoms with Crippen LogP contribution >= 0.6 is 23.4 Å². The van der Waals surface area contributed by atoms with Crippen LogP contribution in [0.3, 0.4) is 0 Å². The van der Waals surface area contributed by atoms with Crippen LogP contribution in [0.5, 0.6) is 0 Å². The van der Waals surface area contributed by atoms with Crippen molar-refractivity contribution in [2.24, 2.45) is 0 Å². The molecule has 0 N–H and O–H groups in total. The van der Waals surface area contributed by atoms with E-state index in [9.17, 15) is 4.79 Å². The van der Waals surface area contributed by atoms with Gasteiger partial charge in [0.2, 0.25) is 0 Å². The minimum atomic E-state index is -0.125. The van der Waals surface area contributed by atoms with Crippen LogP contribution in [0.25, 0.3) is 17.1 Å². The second-order valence-corrected chi connectivity index (χ2v) is 8.09. The molecule has 4 rings (SSSR count). The van der Waals surface area contributed by atoms with E-state index in [2.05, 4.69) is 36.2 Å². The summed E-state index contributed by atoms with van der Waals surface area (Å²) in [5, 5.41) is 1.36. The molecule has 5 heteroatoms. The third-order valence-electron chi connectivity index (χ3n) is 4.53. The second-order valence-electron chi connectivity index (χ2n) is 6.72. The van der Waals surface area contributed by atoms with Crippen molar-refractivity contribution in [3.05, 3.63) is 101 Å². The number of nitrogens with zero attached hydrogens (tertiary/aromatic N) is 2. The molecule has 4 aromatic rings. The van der Waals surface area contributed by atoms with E-state index in [1.165, 1.54) is 11.1 Å². The van der Waals surface area contributed by atoms with E-state index in [-0.39, 0.29) is 5.91 Å². The van der Waals surface area contributed by atoms with Crippen molar-refractivity contribution in [2.75, 3.05) is 0 Å². The van der Waals surface area contributed by atoms with E-state index in [0.717, 1.165) is 22.3 Å². The molecule has 1 heterocycles. The lowest BCUT2D eigenvalue weighted by Crippen LogP contribution is -2.08. The normalized spacial score (nSPS) is 11.4. The molecule has 0 unspecified atom stereocenters. The lowest BCUT2D eigenvalue weighted by atomic mass is 10.2. The van der Waals surface area contributed by atoms with Crippen LogP contribution in [0.1, 0.15) is 21.5 Å². The molecular weight excluding hydrogens is 400 g/mol. The molecule has 3 nitrogen and oxygen atoms in total. The molecule has 0 spiro atoms. The number of carbonyl (C=O) groups excluding carboxylic acids is 1. The Kier molecular flexibility index (Phi) is 5.84. The van der Waals surface area contributed by atoms with Gasteiger partial charge < -0.3 is 0 Å². The molecule has 0 radical (unpaired) electrons. The number of para-hydroxylation sites is 2. The molecule has 0 bridgehead atoms. The minimum absolute atomic E-state index is 0.125. The lowest BCUT2D eigenvalue weighted by molar-refractivity contribution is 0.0965. The van der Waals surface area contributed by atoms with Gasteiger partial charge in [0.15, 0.2) is 5.16 Å². The summed E-state index contributed by atoms with van der Waals surface area (Å²) >= 11 is 7.49. The number of hydrogen-bond acceptors (Lipinski definition) is 3. The van der Waals surface area contributed by atoms with Gasteiger partial charge in [-0.25, -0.2) is 4.98 Å². The van der Waals surface area contributed by atoms with E-state index in [1.54, 1.807) is 40.6 Å². The van der Waals surface area contributed by atoms with Crippen LogP contribution in [0, 0.1) is 6.92 Å². The van der Waals surface area contributed by atoms with E-state index < -0.39 is 0 Å². The Balaban J connectivity index is 1.62. The van der Waals surface area contributed by atoms with Crippen LogP contribution in [0.2, 0.25) is 5.02 Å². The molecule has 0 aliphatic heterocycles. The Labute approximate surface area is 179 Å². The molecular formula is C24H19ClN2OS. The average molecular weight is 419 g/mol. The molecule has 29 heavy (non-hydrogen) atoms. The predicted octanol–water partition coefficient (Wildman–Crippen LogP) is 6.64. The molecule has 0 atom stereocenters. The molecule has 3 aromatic carbocycles. The van der Waals surface area contributed by atoms with Crippen molar-refractivity contribution in [3.63, 3.8) is 0 Å². The van der Waals surface area contributed by atoms with Crippen molar-refractivity contribution < 1.29 is 4.79 Å². The summed E-state index contributed by atoms with van der Waals surface area (Å²) in [7, 11) is 0. The summed E-state index contributed by atoms with van der Waals surface area (Å²) in [6, 6.07) is 23.5. The van der Waals surface area contributed by atoms with Crippen LogP contribution in [0.15, 0.2) is 84.0 Å². The Morgan fingerprint density at radius 3 is 2.52 bits per heavy atom. The Morgan fingerprint density at radius 1 is 1.03 bits per heavy atom. The maximum atomic E-state index is 13.0. The maximum absolute atomic E-state index is 13.0. The quantitative estimate of drug-likeness (QED) is 0.269. The molecule has 144 valence electrons. The van der Waals surface area contributed by atoms with Gasteiger partial charge in [0.05, 0.1) is 11.0 Å². The number of imidazole rings is 1. The molecule has 0 amide bonds. The number of thioether (sulfide) groups is 1. The van der Waals surface area contributed by atoms with Crippen molar-refractivity contribution in [1.82, 2.24) is 9.55 Å². The predicted molar refractivity (Wildman–Crippen MR) is 122 cm³/mol. The molecule has 1 aromatic heterocycles. The summed E-state index contributed by atoms with van der Waals surface area (Å²) in [5.74, 6) is 0.623. The number of fused-ring (bicyclic) bond motifs is 1. The van der Waals surface area contributed by atoms with Crippen molar-refractivity contribution >= 4 is 46.4 Å². The van der Waals surface area contributed by atoms with Crippen LogP contribution in [0.4, 0.5) is 0 Å². The molecule has 0 saturated carbocycles. The standard InChI is InChI=1S/C24H19ClN2OS/c1-17-6-8-19(9-7-17)16-29-24-26-21-4-2-3-5-22(21)27(24)23(28)15-12-18-10-13-20(25)14-11-18/h2-15H,16H2,1H3. The number of allylic oxidation sites excluding steroid dienone is 1. The van der Waals surface area contributed by atoms with Gasteiger partial charge in [0.25, 0.3) is 5.91 Å². The van der Waals surface area contributed by atoms with Gasteiger partial charge >= 0.3 is 0 Å². The summed E-state index contributed by atoms with van der Waals surface area (Å²) < 4.78 is 1.68. The smallest absolute Gasteiger partial charge is 0.257 e. The first-order valence-electron chi connectivity index (χ1n) is 9.24. The Morgan fingerprint density at radius 2 is 1.76 bits per heavy atom. The van der Waals surface area contributed by atoms with Gasteiger partial charge in [-0.3, -0.25) is 9.36 Å². The lowest BCUT2D eigenvalue weighted by Gasteiger charge is -2.06. The average Bonchev–Trinajstić information content (AvgIpc) is 3.11. The highest BCUT2D eigenvalue weighted by Gasteiger charge is 2.15. The summed E-state index contributed by atoms with van der Waals surface area (Å²) in [6.45, 7) is 2.07. The number of halogens is 1. The van der Waals surface area contributed by atoms with E-state index >= 15 is 0 Å². The maximum Gasteiger partial charge on any atom is 0.257 e. The molecule has 0 fully saturated rings. The highest BCUT2D eigenvalue weighted by Crippen LogP contribution is 2.27. The molecule has 0 aliphatic carbocycles. The van der Waals surface area contributed by atoms with Gasteiger partial charge in [0.1, 0.15) is 0 Å². The van der Waals surface area contributed by atoms with Crippen LogP contribution in [-0.4, -0.2) is 15.5 Å². The van der Waals surface area contributed by atoms with Gasteiger partial charge in [-0.2, -0.15) is 0 Å². The fourth-order valence-corrected chi connectivity index (χ4v) is 4.06. The largest absolute Gasteiger partial charge is 0.269 e. The highest BCUT2D eigenvalue weighted by molar-refractivity contribution is 7.98. The first-order chi connectivity index (χ1) is 14.1. The number of aryl methyl sites for hydroxylation is 1. The van der Waals surface area contributed by atoms with E-state index in [4.69, 9.17) is 11.6 Å². The zero-order chi connectivity index (χ0) is 20.2. The third kappa shape index (κ3) is 4.61. The molecule has 0 saturated heterocycles. The van der Waals surface area contributed by atoms with Gasteiger partial charge in [0, 0.05) is 16.9 Å². The van der Waals surface area contributed by atoms with Gasteiger partial charge in [-0.05, 0) is 48.4 Å². The topological polar surface area (TPSA) is 34.9 Å². The number of hydrogen-bond donors (Lipinski definition) is 0. The fourth-order valence-electron chi connectivity index (χ4n) is 2.96. The monoisotopic (exact) mass is 418 g/mol. The number of aromatic nitrogens is 2.